The molecule has 114 valence electrons. The molecular weight excluding hydrogens is 290 g/mol. The van der Waals surface area contributed by atoms with Crippen LogP contribution in [0.1, 0.15) is 12.0 Å². The highest BCUT2D eigenvalue weighted by molar-refractivity contribution is 6.21. The number of methoxy groups -OCH3 is 1. The lowest BCUT2D eigenvalue weighted by atomic mass is 9.82. The monoisotopic (exact) mass is 303 g/mol. The fourth-order valence-corrected chi connectivity index (χ4v) is 2.89. The zero-order chi connectivity index (χ0) is 15.9. The Morgan fingerprint density at radius 2 is 2.00 bits per heavy atom. The Bertz CT molecular complexity index is 670. The normalized spacial score (nSPS) is 26.9. The number of ether oxygens (including phenoxy) is 2. The van der Waals surface area contributed by atoms with Crippen LogP contribution in [0.25, 0.3) is 0 Å². The maximum Gasteiger partial charge on any atom is 0.326 e. The average molecular weight is 303 g/mol. The minimum atomic E-state index is -1.88. The Kier molecular flexibility index (Phi) is 3.20. The van der Waals surface area contributed by atoms with Gasteiger partial charge in [0.1, 0.15) is 0 Å². The molecular formula is C15H13NO6. The van der Waals surface area contributed by atoms with Gasteiger partial charge >= 0.3 is 11.9 Å². The number of benzene rings is 1. The van der Waals surface area contributed by atoms with Gasteiger partial charge in [-0.2, -0.15) is 0 Å². The molecule has 1 aromatic carbocycles. The van der Waals surface area contributed by atoms with Crippen molar-refractivity contribution in [1.29, 1.82) is 0 Å². The molecule has 0 spiro atoms. The lowest BCUT2D eigenvalue weighted by Gasteiger charge is -2.19. The summed E-state index contributed by atoms with van der Waals surface area (Å²) in [6.45, 7) is 0.0191. The van der Waals surface area contributed by atoms with E-state index in [1.54, 1.807) is 24.3 Å². The molecule has 0 unspecified atom stereocenters. The molecule has 2 aliphatic heterocycles. The number of esters is 2. The third kappa shape index (κ3) is 1.82. The number of hydrogen-bond acceptors (Lipinski definition) is 6. The van der Waals surface area contributed by atoms with Crippen molar-refractivity contribution in [2.24, 2.45) is 5.41 Å². The quantitative estimate of drug-likeness (QED) is 0.444. The molecule has 0 N–H and O–H groups in total. The first-order valence-electron chi connectivity index (χ1n) is 6.68. The average Bonchev–Trinajstić information content (AvgIpc) is 2.97. The van der Waals surface area contributed by atoms with Crippen molar-refractivity contribution in [3.63, 3.8) is 0 Å². The molecule has 2 fully saturated rings. The molecule has 0 radical (unpaired) electrons. The lowest BCUT2D eigenvalue weighted by Crippen LogP contribution is -2.43. The maximum atomic E-state index is 12.6. The highest BCUT2D eigenvalue weighted by Crippen LogP contribution is 2.45. The third-order valence-electron chi connectivity index (χ3n) is 3.97. The molecule has 0 bridgehead atoms. The summed E-state index contributed by atoms with van der Waals surface area (Å²) in [5, 5.41) is 0. The van der Waals surface area contributed by atoms with Crippen molar-refractivity contribution in [3.8, 4) is 0 Å². The first-order valence-corrected chi connectivity index (χ1v) is 6.68. The van der Waals surface area contributed by atoms with Gasteiger partial charge in [0.2, 0.25) is 11.5 Å². The van der Waals surface area contributed by atoms with E-state index in [1.807, 2.05) is 6.07 Å². The number of fused-ring (bicyclic) bond motifs is 1. The van der Waals surface area contributed by atoms with E-state index in [4.69, 9.17) is 4.74 Å². The van der Waals surface area contributed by atoms with Gasteiger partial charge in [-0.05, 0) is 5.56 Å². The van der Waals surface area contributed by atoms with Crippen LogP contribution in [-0.4, -0.2) is 41.9 Å². The van der Waals surface area contributed by atoms with Crippen molar-refractivity contribution in [3.05, 3.63) is 35.9 Å². The van der Waals surface area contributed by atoms with Crippen molar-refractivity contribution in [1.82, 2.24) is 4.90 Å². The van der Waals surface area contributed by atoms with Crippen LogP contribution in [0.4, 0.5) is 0 Å². The topological polar surface area (TPSA) is 90.0 Å². The second-order valence-corrected chi connectivity index (χ2v) is 5.22. The Hall–Kier alpha value is -2.70. The predicted molar refractivity (Wildman–Crippen MR) is 70.9 cm³/mol. The molecule has 2 aliphatic rings. The Morgan fingerprint density at radius 3 is 2.64 bits per heavy atom. The second kappa shape index (κ2) is 4.94. The number of hydrogen-bond donors (Lipinski definition) is 0. The first-order chi connectivity index (χ1) is 10.5. The van der Waals surface area contributed by atoms with E-state index in [0.717, 1.165) is 17.6 Å². The molecule has 0 saturated carbocycles. The number of amides is 2. The highest BCUT2D eigenvalue weighted by atomic mass is 16.6. The molecule has 1 aromatic rings. The molecule has 22 heavy (non-hydrogen) atoms. The van der Waals surface area contributed by atoms with E-state index in [9.17, 15) is 19.2 Å². The number of carbonyl (C=O) groups is 4. The number of likely N-dealkylation sites (tertiary alicyclic amines) is 1. The van der Waals surface area contributed by atoms with E-state index >= 15 is 0 Å². The van der Waals surface area contributed by atoms with E-state index in [0.29, 0.717) is 0 Å². The zero-order valence-corrected chi connectivity index (χ0v) is 11.8. The van der Waals surface area contributed by atoms with E-state index < -0.39 is 41.7 Å². The van der Waals surface area contributed by atoms with Gasteiger partial charge in [-0.15, -0.1) is 0 Å². The SMILES string of the molecule is COC(=O)[C@@]12CC(=O)O[C@@H]1C(=O)N(Cc1ccccc1)C2=O. The van der Waals surface area contributed by atoms with E-state index in [-0.39, 0.29) is 6.54 Å². The standard InChI is InChI=1S/C15H13NO6/c1-21-14(20)15-7-10(17)22-11(15)12(18)16(13(15)19)8-9-5-3-2-4-6-9/h2-6,11H,7-8H2,1H3/t11-,15+/m1/s1. The van der Waals surface area contributed by atoms with Gasteiger partial charge < -0.3 is 9.47 Å². The Labute approximate surface area is 125 Å². The van der Waals surface area contributed by atoms with Crippen molar-refractivity contribution >= 4 is 23.8 Å². The molecule has 7 heteroatoms. The molecule has 2 saturated heterocycles. The molecule has 2 amide bonds. The van der Waals surface area contributed by atoms with Gasteiger partial charge in [0.25, 0.3) is 11.8 Å². The van der Waals surface area contributed by atoms with Crippen LogP contribution in [0.5, 0.6) is 0 Å². The van der Waals surface area contributed by atoms with Crippen molar-refractivity contribution < 1.29 is 28.7 Å². The van der Waals surface area contributed by atoms with Gasteiger partial charge in [0.05, 0.1) is 20.1 Å². The van der Waals surface area contributed by atoms with Crippen molar-refractivity contribution in [2.45, 2.75) is 19.1 Å². The van der Waals surface area contributed by atoms with Crippen LogP contribution >= 0.6 is 0 Å². The van der Waals surface area contributed by atoms with Crippen LogP contribution < -0.4 is 0 Å². The second-order valence-electron chi connectivity index (χ2n) is 5.22. The van der Waals surface area contributed by atoms with E-state index in [2.05, 4.69) is 4.74 Å². The summed E-state index contributed by atoms with van der Waals surface area (Å²) in [6, 6.07) is 8.87. The number of imide groups is 1. The Morgan fingerprint density at radius 1 is 1.32 bits per heavy atom. The minimum Gasteiger partial charge on any atom is -0.468 e. The summed E-state index contributed by atoms with van der Waals surface area (Å²) >= 11 is 0. The number of nitrogens with zero attached hydrogens (tertiary/aromatic N) is 1. The van der Waals surface area contributed by atoms with Crippen molar-refractivity contribution in [2.75, 3.05) is 7.11 Å². The fraction of sp³-hybridized carbons (Fsp3) is 0.333. The number of rotatable bonds is 3. The third-order valence-corrected chi connectivity index (χ3v) is 3.97. The molecule has 2 atom stereocenters. The maximum absolute atomic E-state index is 12.6. The van der Waals surface area contributed by atoms with Gasteiger partial charge in [-0.3, -0.25) is 24.1 Å². The summed E-state index contributed by atoms with van der Waals surface area (Å²) in [4.78, 5) is 49.5. The van der Waals surface area contributed by atoms with Gasteiger partial charge in [-0.25, -0.2) is 0 Å². The summed E-state index contributed by atoms with van der Waals surface area (Å²) in [6.07, 6.45) is -1.90. The van der Waals surface area contributed by atoms with Gasteiger partial charge in [-0.1, -0.05) is 30.3 Å². The summed E-state index contributed by atoms with van der Waals surface area (Å²) in [5.41, 5.74) is -1.15. The highest BCUT2D eigenvalue weighted by Gasteiger charge is 2.71. The predicted octanol–water partition coefficient (Wildman–Crippen LogP) is 0.0303. The Balaban J connectivity index is 1.97. The van der Waals surface area contributed by atoms with Crippen LogP contribution in [-0.2, 0) is 35.2 Å². The summed E-state index contributed by atoms with van der Waals surface area (Å²) in [5.74, 6) is -3.11. The van der Waals surface area contributed by atoms with Crippen LogP contribution in [0.2, 0.25) is 0 Å². The summed E-state index contributed by atoms with van der Waals surface area (Å²) < 4.78 is 9.54. The van der Waals surface area contributed by atoms with Crippen LogP contribution in [0, 0.1) is 5.41 Å². The lowest BCUT2D eigenvalue weighted by molar-refractivity contribution is -0.160. The molecule has 0 aromatic heterocycles. The minimum absolute atomic E-state index is 0.0191. The molecule has 2 heterocycles. The van der Waals surface area contributed by atoms with E-state index in [1.165, 1.54) is 0 Å². The fourth-order valence-electron chi connectivity index (χ4n) is 2.89. The largest absolute Gasteiger partial charge is 0.468 e. The zero-order valence-electron chi connectivity index (χ0n) is 11.8. The molecule has 0 aliphatic carbocycles. The molecule has 7 nitrogen and oxygen atoms in total. The van der Waals surface area contributed by atoms with Gasteiger partial charge in [0, 0.05) is 0 Å². The van der Waals surface area contributed by atoms with Crippen LogP contribution in [0.15, 0.2) is 30.3 Å². The summed E-state index contributed by atoms with van der Waals surface area (Å²) in [7, 11) is 1.11. The van der Waals surface area contributed by atoms with Crippen LogP contribution in [0.3, 0.4) is 0 Å². The smallest absolute Gasteiger partial charge is 0.326 e. The number of carbonyl (C=O) groups excluding carboxylic acids is 4. The van der Waals surface area contributed by atoms with Gasteiger partial charge in [0.15, 0.2) is 0 Å². The molecule has 3 rings (SSSR count). The first kappa shape index (κ1) is 14.2.